The molecule has 1 unspecified atom stereocenters. The summed E-state index contributed by atoms with van der Waals surface area (Å²) in [6, 6.07) is 2.05. The quantitative estimate of drug-likeness (QED) is 0.867. The van der Waals surface area contributed by atoms with Gasteiger partial charge in [-0.15, -0.1) is 11.3 Å². The Bertz CT molecular complexity index is 463. The van der Waals surface area contributed by atoms with Gasteiger partial charge < -0.3 is 5.32 Å². The van der Waals surface area contributed by atoms with Gasteiger partial charge in [0.2, 0.25) is 0 Å². The van der Waals surface area contributed by atoms with Gasteiger partial charge in [0.1, 0.15) is 9.84 Å². The molecule has 0 bridgehead atoms. The maximum absolute atomic E-state index is 11.5. The smallest absolute Gasteiger partial charge is 0.149 e. The zero-order valence-electron chi connectivity index (χ0n) is 10.9. The molecule has 1 aromatic heterocycles. The maximum atomic E-state index is 11.5. The number of hydrogen-bond acceptors (Lipinski definition) is 4. The second-order valence-corrected chi connectivity index (χ2v) is 7.98. The molecular weight excluding hydrogens is 254 g/mol. The van der Waals surface area contributed by atoms with Gasteiger partial charge in [0.25, 0.3) is 0 Å². The molecular formula is C12H21NO2S2. The van der Waals surface area contributed by atoms with Gasteiger partial charge in [-0.2, -0.15) is 0 Å². The van der Waals surface area contributed by atoms with Gasteiger partial charge >= 0.3 is 0 Å². The van der Waals surface area contributed by atoms with Crippen LogP contribution in [0.2, 0.25) is 0 Å². The van der Waals surface area contributed by atoms with Gasteiger partial charge in [0, 0.05) is 16.0 Å². The largest absolute Gasteiger partial charge is 0.308 e. The number of rotatable bonds is 6. The third kappa shape index (κ3) is 4.77. The van der Waals surface area contributed by atoms with Crippen LogP contribution < -0.4 is 5.32 Å². The Morgan fingerprint density at radius 1 is 1.41 bits per heavy atom. The van der Waals surface area contributed by atoms with Gasteiger partial charge in [-0.25, -0.2) is 8.42 Å². The molecule has 0 aliphatic heterocycles. The molecule has 0 aromatic carbocycles. The van der Waals surface area contributed by atoms with Gasteiger partial charge in [-0.1, -0.05) is 6.92 Å². The summed E-state index contributed by atoms with van der Waals surface area (Å²) < 4.78 is 22.9. The van der Waals surface area contributed by atoms with Crippen molar-refractivity contribution in [3.63, 3.8) is 0 Å². The molecule has 0 radical (unpaired) electrons. The Morgan fingerprint density at radius 3 is 2.47 bits per heavy atom. The van der Waals surface area contributed by atoms with E-state index in [-0.39, 0.29) is 11.8 Å². The van der Waals surface area contributed by atoms with Gasteiger partial charge in [-0.05, 0) is 38.4 Å². The SMILES string of the molecule is CCCNC(CS(C)(=O)=O)c1sc(C)cc1C. The number of sulfone groups is 1. The first kappa shape index (κ1) is 14.7. The highest BCUT2D eigenvalue weighted by molar-refractivity contribution is 7.90. The van der Waals surface area contributed by atoms with Crippen molar-refractivity contribution in [1.82, 2.24) is 5.32 Å². The third-order valence-electron chi connectivity index (χ3n) is 2.51. The molecule has 1 atom stereocenters. The van der Waals surface area contributed by atoms with E-state index in [0.29, 0.717) is 0 Å². The summed E-state index contributed by atoms with van der Waals surface area (Å²) in [4.78, 5) is 2.38. The fraction of sp³-hybridized carbons (Fsp3) is 0.667. The molecule has 0 spiro atoms. The predicted molar refractivity (Wildman–Crippen MR) is 74.5 cm³/mol. The van der Waals surface area contributed by atoms with E-state index in [9.17, 15) is 8.42 Å². The number of nitrogens with one attached hydrogen (secondary N) is 1. The summed E-state index contributed by atoms with van der Waals surface area (Å²) in [6.45, 7) is 7.02. The van der Waals surface area contributed by atoms with Crippen LogP contribution in [0.15, 0.2) is 6.07 Å². The molecule has 1 N–H and O–H groups in total. The molecule has 98 valence electrons. The zero-order chi connectivity index (χ0) is 13.1. The molecule has 5 heteroatoms. The Kier molecular flexibility index (Phi) is 5.16. The van der Waals surface area contributed by atoms with Crippen LogP contribution in [0, 0.1) is 13.8 Å². The summed E-state index contributed by atoms with van der Waals surface area (Å²) >= 11 is 1.69. The van der Waals surface area contributed by atoms with Gasteiger partial charge in [-0.3, -0.25) is 0 Å². The van der Waals surface area contributed by atoms with Crippen LogP contribution in [0.3, 0.4) is 0 Å². The molecule has 17 heavy (non-hydrogen) atoms. The molecule has 0 saturated heterocycles. The number of aryl methyl sites for hydroxylation is 2. The lowest BCUT2D eigenvalue weighted by Crippen LogP contribution is -2.28. The highest BCUT2D eigenvalue weighted by Gasteiger charge is 2.20. The van der Waals surface area contributed by atoms with Crippen molar-refractivity contribution in [2.45, 2.75) is 33.2 Å². The second kappa shape index (κ2) is 5.98. The fourth-order valence-corrected chi connectivity index (χ4v) is 3.96. The van der Waals surface area contributed by atoms with E-state index in [1.54, 1.807) is 11.3 Å². The summed E-state index contributed by atoms with van der Waals surface area (Å²) in [7, 11) is -2.97. The van der Waals surface area contributed by atoms with Crippen molar-refractivity contribution in [3.05, 3.63) is 21.4 Å². The second-order valence-electron chi connectivity index (χ2n) is 4.50. The molecule has 1 rings (SSSR count). The molecule has 1 heterocycles. The molecule has 0 saturated carbocycles. The predicted octanol–water partition coefficient (Wildman–Crippen LogP) is 2.45. The van der Waals surface area contributed by atoms with Crippen molar-refractivity contribution in [2.24, 2.45) is 0 Å². The van der Waals surface area contributed by atoms with Crippen LogP contribution >= 0.6 is 11.3 Å². The summed E-state index contributed by atoms with van der Waals surface area (Å²) in [6.07, 6.45) is 2.30. The minimum Gasteiger partial charge on any atom is -0.308 e. The molecule has 1 aromatic rings. The van der Waals surface area contributed by atoms with Crippen LogP contribution in [0.1, 0.15) is 34.7 Å². The standard InChI is InChI=1S/C12H21NO2S2/c1-5-6-13-11(8-17(4,14)15)12-9(2)7-10(3)16-12/h7,11,13H,5-6,8H2,1-4H3. The van der Waals surface area contributed by atoms with Crippen molar-refractivity contribution < 1.29 is 8.42 Å². The fourth-order valence-electron chi connectivity index (χ4n) is 1.85. The average Bonchev–Trinajstić information content (AvgIpc) is 2.50. The van der Waals surface area contributed by atoms with E-state index in [1.165, 1.54) is 16.7 Å². The third-order valence-corrected chi connectivity index (χ3v) is 4.71. The highest BCUT2D eigenvalue weighted by Crippen LogP contribution is 2.28. The Labute approximate surface area is 108 Å². The highest BCUT2D eigenvalue weighted by atomic mass is 32.2. The van der Waals surface area contributed by atoms with Crippen molar-refractivity contribution in [1.29, 1.82) is 0 Å². The molecule has 0 amide bonds. The van der Waals surface area contributed by atoms with E-state index >= 15 is 0 Å². The van der Waals surface area contributed by atoms with Crippen LogP contribution in [-0.2, 0) is 9.84 Å². The summed E-state index contributed by atoms with van der Waals surface area (Å²) in [5, 5.41) is 3.33. The minimum absolute atomic E-state index is 0.0661. The minimum atomic E-state index is -2.97. The van der Waals surface area contributed by atoms with Crippen molar-refractivity contribution in [2.75, 3.05) is 18.6 Å². The van der Waals surface area contributed by atoms with E-state index in [1.807, 2.05) is 6.92 Å². The number of thiophene rings is 1. The number of hydrogen-bond donors (Lipinski definition) is 1. The first-order valence-electron chi connectivity index (χ1n) is 5.81. The van der Waals surface area contributed by atoms with E-state index in [4.69, 9.17) is 0 Å². The lowest BCUT2D eigenvalue weighted by molar-refractivity contribution is 0.553. The summed E-state index contributed by atoms with van der Waals surface area (Å²) in [5.74, 6) is 0.174. The molecule has 0 aliphatic carbocycles. The van der Waals surface area contributed by atoms with E-state index in [0.717, 1.165) is 17.8 Å². The van der Waals surface area contributed by atoms with E-state index in [2.05, 4.69) is 25.2 Å². The van der Waals surface area contributed by atoms with Gasteiger partial charge in [0.15, 0.2) is 0 Å². The topological polar surface area (TPSA) is 46.2 Å². The van der Waals surface area contributed by atoms with Crippen LogP contribution in [-0.4, -0.2) is 27.0 Å². The first-order chi connectivity index (χ1) is 7.83. The first-order valence-corrected chi connectivity index (χ1v) is 8.69. The van der Waals surface area contributed by atoms with Crippen LogP contribution in [0.4, 0.5) is 0 Å². The summed E-state index contributed by atoms with van der Waals surface area (Å²) in [5.41, 5.74) is 1.18. The molecule has 0 aliphatic rings. The maximum Gasteiger partial charge on any atom is 0.149 e. The Balaban J connectivity index is 2.93. The molecule has 3 nitrogen and oxygen atoms in total. The Hall–Kier alpha value is -0.390. The Morgan fingerprint density at radius 2 is 2.06 bits per heavy atom. The average molecular weight is 275 g/mol. The monoisotopic (exact) mass is 275 g/mol. The van der Waals surface area contributed by atoms with E-state index < -0.39 is 9.84 Å². The zero-order valence-corrected chi connectivity index (χ0v) is 12.5. The normalized spacial score (nSPS) is 13.9. The van der Waals surface area contributed by atoms with Crippen molar-refractivity contribution >= 4 is 21.2 Å². The van der Waals surface area contributed by atoms with Gasteiger partial charge in [0.05, 0.1) is 11.8 Å². The lowest BCUT2D eigenvalue weighted by Gasteiger charge is -2.17. The van der Waals surface area contributed by atoms with Crippen LogP contribution in [0.5, 0.6) is 0 Å². The van der Waals surface area contributed by atoms with Crippen LogP contribution in [0.25, 0.3) is 0 Å². The lowest BCUT2D eigenvalue weighted by atomic mass is 10.2. The van der Waals surface area contributed by atoms with Crippen molar-refractivity contribution in [3.8, 4) is 0 Å². The molecule has 0 fully saturated rings.